The SMILES string of the molecule is O=C(CN1C(=O)N[C@@]2(CCOc3ccccc32)C1=O)Nc1ccccc1N1CCCC1=O. The summed E-state index contributed by atoms with van der Waals surface area (Å²) in [5.41, 5.74) is 0.429. The van der Waals surface area contributed by atoms with Crippen molar-refractivity contribution in [2.75, 3.05) is 29.9 Å². The molecular formula is C23H22N4O5. The highest BCUT2D eigenvalue weighted by atomic mass is 16.5. The van der Waals surface area contributed by atoms with E-state index in [1.807, 2.05) is 0 Å². The molecule has 0 unspecified atom stereocenters. The van der Waals surface area contributed by atoms with Crippen LogP contribution >= 0.6 is 0 Å². The summed E-state index contributed by atoms with van der Waals surface area (Å²) in [6, 6.07) is 13.5. The molecule has 0 aliphatic carbocycles. The second-order valence-electron chi connectivity index (χ2n) is 8.04. The maximum atomic E-state index is 13.3. The van der Waals surface area contributed by atoms with Crippen LogP contribution in [0.3, 0.4) is 0 Å². The molecule has 32 heavy (non-hydrogen) atoms. The van der Waals surface area contributed by atoms with E-state index in [0.29, 0.717) is 35.7 Å². The number of imide groups is 1. The Balaban J connectivity index is 1.35. The van der Waals surface area contributed by atoms with Crippen LogP contribution in [0, 0.1) is 0 Å². The highest BCUT2D eigenvalue weighted by molar-refractivity contribution is 6.11. The fraction of sp³-hybridized carbons (Fsp3) is 0.304. The van der Waals surface area contributed by atoms with Crippen LogP contribution in [0.5, 0.6) is 5.75 Å². The maximum Gasteiger partial charge on any atom is 0.325 e. The number of ether oxygens (including phenoxy) is 1. The molecule has 3 heterocycles. The monoisotopic (exact) mass is 434 g/mol. The summed E-state index contributed by atoms with van der Waals surface area (Å²) < 4.78 is 5.63. The molecular weight excluding hydrogens is 412 g/mol. The number of nitrogens with one attached hydrogen (secondary N) is 2. The Hall–Kier alpha value is -3.88. The lowest BCUT2D eigenvalue weighted by Gasteiger charge is -2.33. The van der Waals surface area contributed by atoms with E-state index in [4.69, 9.17) is 4.74 Å². The minimum Gasteiger partial charge on any atom is -0.493 e. The van der Waals surface area contributed by atoms with Crippen molar-refractivity contribution in [3.8, 4) is 5.75 Å². The predicted molar refractivity (Wildman–Crippen MR) is 115 cm³/mol. The van der Waals surface area contributed by atoms with Gasteiger partial charge in [0, 0.05) is 24.9 Å². The normalized spacial score (nSPS) is 22.1. The molecule has 0 saturated carbocycles. The average Bonchev–Trinajstić information content (AvgIpc) is 3.31. The average molecular weight is 434 g/mol. The molecule has 1 spiro atoms. The van der Waals surface area contributed by atoms with E-state index in [1.165, 1.54) is 0 Å². The van der Waals surface area contributed by atoms with E-state index >= 15 is 0 Å². The molecule has 2 fully saturated rings. The standard InChI is InChI=1S/C23H22N4O5/c28-19(24-16-7-2-3-8-17(16)26-12-5-10-20(26)29)14-27-21(30)23(25-22(27)31)11-13-32-18-9-4-1-6-15(18)23/h1-4,6-9H,5,10-14H2,(H,24,28)(H,25,31)/t23-/m1/s1. The zero-order chi connectivity index (χ0) is 22.3. The second kappa shape index (κ2) is 7.67. The minimum atomic E-state index is -1.23. The smallest absolute Gasteiger partial charge is 0.325 e. The zero-order valence-corrected chi connectivity index (χ0v) is 17.3. The van der Waals surface area contributed by atoms with Gasteiger partial charge in [-0.3, -0.25) is 19.3 Å². The van der Waals surface area contributed by atoms with Gasteiger partial charge in [-0.15, -0.1) is 0 Å². The summed E-state index contributed by atoms with van der Waals surface area (Å²) in [5, 5.41) is 5.54. The van der Waals surface area contributed by atoms with Crippen molar-refractivity contribution in [3.63, 3.8) is 0 Å². The first-order valence-corrected chi connectivity index (χ1v) is 10.6. The zero-order valence-electron chi connectivity index (χ0n) is 17.3. The number of carbonyl (C=O) groups is 4. The van der Waals surface area contributed by atoms with Gasteiger partial charge in [-0.05, 0) is 24.6 Å². The number of fused-ring (bicyclic) bond motifs is 2. The first-order valence-electron chi connectivity index (χ1n) is 10.6. The van der Waals surface area contributed by atoms with Crippen LogP contribution in [0.2, 0.25) is 0 Å². The molecule has 2 aromatic carbocycles. The van der Waals surface area contributed by atoms with Gasteiger partial charge < -0.3 is 20.3 Å². The molecule has 2 saturated heterocycles. The Morgan fingerprint density at radius 2 is 1.88 bits per heavy atom. The van der Waals surface area contributed by atoms with Crippen LogP contribution in [0.15, 0.2) is 48.5 Å². The van der Waals surface area contributed by atoms with Crippen LogP contribution in [0.25, 0.3) is 0 Å². The van der Waals surface area contributed by atoms with Crippen LogP contribution in [-0.2, 0) is 19.9 Å². The number of nitrogens with zero attached hydrogens (tertiary/aromatic N) is 2. The summed E-state index contributed by atoms with van der Waals surface area (Å²) in [6.45, 7) is 0.431. The lowest BCUT2D eigenvalue weighted by atomic mass is 9.84. The summed E-state index contributed by atoms with van der Waals surface area (Å²) in [7, 11) is 0. The van der Waals surface area contributed by atoms with E-state index < -0.39 is 29.9 Å². The first-order chi connectivity index (χ1) is 15.5. The molecule has 2 N–H and O–H groups in total. The molecule has 1 atom stereocenters. The van der Waals surface area contributed by atoms with Crippen molar-refractivity contribution >= 4 is 35.1 Å². The number of rotatable bonds is 4. The van der Waals surface area contributed by atoms with E-state index in [1.54, 1.807) is 53.4 Å². The maximum absolute atomic E-state index is 13.3. The van der Waals surface area contributed by atoms with E-state index in [-0.39, 0.29) is 18.9 Å². The number of benzene rings is 2. The Morgan fingerprint density at radius 1 is 1.09 bits per heavy atom. The molecule has 5 amide bonds. The molecule has 5 rings (SSSR count). The quantitative estimate of drug-likeness (QED) is 0.716. The molecule has 0 bridgehead atoms. The van der Waals surface area contributed by atoms with Crippen molar-refractivity contribution in [1.82, 2.24) is 10.2 Å². The van der Waals surface area contributed by atoms with Gasteiger partial charge in [0.15, 0.2) is 5.54 Å². The van der Waals surface area contributed by atoms with Gasteiger partial charge in [0.25, 0.3) is 5.91 Å². The lowest BCUT2D eigenvalue weighted by Crippen LogP contribution is -2.48. The number of anilines is 2. The van der Waals surface area contributed by atoms with E-state index in [0.717, 1.165) is 11.3 Å². The second-order valence-corrected chi connectivity index (χ2v) is 8.04. The summed E-state index contributed by atoms with van der Waals surface area (Å²) >= 11 is 0. The van der Waals surface area contributed by atoms with Crippen LogP contribution in [0.1, 0.15) is 24.8 Å². The number of carbonyl (C=O) groups excluding carboxylic acids is 4. The predicted octanol–water partition coefficient (Wildman–Crippen LogP) is 1.98. The van der Waals surface area contributed by atoms with E-state index in [9.17, 15) is 19.2 Å². The topological polar surface area (TPSA) is 108 Å². The molecule has 2 aromatic rings. The van der Waals surface area contributed by atoms with Gasteiger partial charge in [0.1, 0.15) is 12.3 Å². The summed E-state index contributed by atoms with van der Waals surface area (Å²) in [5.74, 6) is -0.453. The molecule has 3 aliphatic heterocycles. The molecule has 3 aliphatic rings. The largest absolute Gasteiger partial charge is 0.493 e. The van der Waals surface area contributed by atoms with E-state index in [2.05, 4.69) is 10.6 Å². The van der Waals surface area contributed by atoms with Gasteiger partial charge in [0.05, 0.1) is 18.0 Å². The minimum absolute atomic E-state index is 0.000854. The van der Waals surface area contributed by atoms with Crippen molar-refractivity contribution < 1.29 is 23.9 Å². The molecule has 0 radical (unpaired) electrons. The third-order valence-corrected chi connectivity index (χ3v) is 6.10. The van der Waals surface area contributed by atoms with Crippen molar-refractivity contribution in [2.24, 2.45) is 0 Å². The van der Waals surface area contributed by atoms with Crippen molar-refractivity contribution in [1.29, 1.82) is 0 Å². The van der Waals surface area contributed by atoms with Gasteiger partial charge in [-0.25, -0.2) is 4.79 Å². The highest BCUT2D eigenvalue weighted by Gasteiger charge is 2.55. The van der Waals surface area contributed by atoms with Crippen LogP contribution < -0.4 is 20.3 Å². The number of hydrogen-bond donors (Lipinski definition) is 2. The number of para-hydroxylation sites is 3. The highest BCUT2D eigenvalue weighted by Crippen LogP contribution is 2.41. The summed E-state index contributed by atoms with van der Waals surface area (Å²) in [4.78, 5) is 53.5. The first kappa shape index (κ1) is 20.0. The van der Waals surface area contributed by atoms with Crippen molar-refractivity contribution in [2.45, 2.75) is 24.8 Å². The Morgan fingerprint density at radius 3 is 2.69 bits per heavy atom. The Kier molecular flexibility index (Phi) is 4.80. The van der Waals surface area contributed by atoms with Gasteiger partial charge in [-0.1, -0.05) is 30.3 Å². The van der Waals surface area contributed by atoms with Crippen LogP contribution in [0.4, 0.5) is 16.2 Å². The van der Waals surface area contributed by atoms with Gasteiger partial charge in [-0.2, -0.15) is 0 Å². The number of urea groups is 1. The van der Waals surface area contributed by atoms with Crippen LogP contribution in [-0.4, -0.2) is 48.3 Å². The fourth-order valence-corrected chi connectivity index (χ4v) is 4.57. The third kappa shape index (κ3) is 3.17. The van der Waals surface area contributed by atoms with Gasteiger partial charge >= 0.3 is 6.03 Å². The Bertz CT molecular complexity index is 1130. The fourth-order valence-electron chi connectivity index (χ4n) is 4.57. The number of amides is 5. The van der Waals surface area contributed by atoms with Gasteiger partial charge in [0.2, 0.25) is 11.8 Å². The van der Waals surface area contributed by atoms with Crippen molar-refractivity contribution in [3.05, 3.63) is 54.1 Å². The third-order valence-electron chi connectivity index (χ3n) is 6.10. The molecule has 9 nitrogen and oxygen atoms in total. The summed E-state index contributed by atoms with van der Waals surface area (Å²) in [6.07, 6.45) is 1.52. The lowest BCUT2D eigenvalue weighted by molar-refractivity contribution is -0.135. The number of hydrogen-bond acceptors (Lipinski definition) is 5. The Labute approximate surface area is 184 Å². The molecule has 9 heteroatoms. The molecule has 164 valence electrons. The molecule has 0 aromatic heterocycles.